The van der Waals surface area contributed by atoms with Crippen molar-refractivity contribution in [3.63, 3.8) is 0 Å². The van der Waals surface area contributed by atoms with Gasteiger partial charge in [0.05, 0.1) is 6.04 Å². The summed E-state index contributed by atoms with van der Waals surface area (Å²) in [6, 6.07) is 0.00231. The van der Waals surface area contributed by atoms with Gasteiger partial charge in [0.25, 0.3) is 0 Å². The highest BCUT2D eigenvalue weighted by Crippen LogP contribution is 2.09. The highest BCUT2D eigenvalue weighted by Gasteiger charge is 2.23. The molecule has 0 fully saturated rings. The van der Waals surface area contributed by atoms with Crippen molar-refractivity contribution >= 4 is 12.2 Å². The first-order valence-electron chi connectivity index (χ1n) is 2.90. The Hall–Kier alpha value is -0.860. The maximum absolute atomic E-state index is 10.2. The number of carbonyl (C=O) groups is 1. The molecular formula is C6H9NO2. The van der Waals surface area contributed by atoms with Crippen LogP contribution in [0.15, 0.2) is 4.99 Å². The number of hydrogen-bond acceptors (Lipinski definition) is 3. The molecular weight excluding hydrogens is 118 g/mol. The molecule has 0 aromatic heterocycles. The number of nitrogens with zero attached hydrogens (tertiary/aromatic N) is 1. The van der Waals surface area contributed by atoms with Crippen LogP contribution in [0.5, 0.6) is 0 Å². The maximum Gasteiger partial charge on any atom is 0.181 e. The third-order valence-electron chi connectivity index (χ3n) is 1.30. The van der Waals surface area contributed by atoms with Crippen LogP contribution < -0.4 is 0 Å². The van der Waals surface area contributed by atoms with Crippen molar-refractivity contribution in [2.24, 2.45) is 4.99 Å². The van der Waals surface area contributed by atoms with Crippen LogP contribution >= 0.6 is 0 Å². The minimum atomic E-state index is -0.343. The first-order valence-corrected chi connectivity index (χ1v) is 2.90. The molecule has 0 spiro atoms. The van der Waals surface area contributed by atoms with E-state index in [2.05, 4.69) is 4.99 Å². The van der Waals surface area contributed by atoms with Crippen LogP contribution in [0.3, 0.4) is 0 Å². The van der Waals surface area contributed by atoms with Crippen LogP contribution in [0.25, 0.3) is 0 Å². The summed E-state index contributed by atoms with van der Waals surface area (Å²) in [6.45, 7) is 3.61. The van der Waals surface area contributed by atoms with Gasteiger partial charge in [-0.3, -0.25) is 4.79 Å². The van der Waals surface area contributed by atoms with Gasteiger partial charge in [-0.15, -0.1) is 0 Å². The fourth-order valence-corrected chi connectivity index (χ4v) is 0.828. The van der Waals surface area contributed by atoms with E-state index >= 15 is 0 Å². The van der Waals surface area contributed by atoms with E-state index in [1.807, 2.05) is 6.92 Å². The van der Waals surface area contributed by atoms with Crippen LogP contribution in [0.2, 0.25) is 0 Å². The quantitative estimate of drug-likeness (QED) is 0.478. The standard InChI is InChI=1S/C6H9NO2/c1-4-6(3-8)9-5(2)7-4/h3-4,6H,1-2H3. The summed E-state index contributed by atoms with van der Waals surface area (Å²) < 4.78 is 5.00. The Morgan fingerprint density at radius 2 is 2.44 bits per heavy atom. The predicted octanol–water partition coefficient (Wildman–Crippen LogP) is 0.391. The molecule has 0 radical (unpaired) electrons. The van der Waals surface area contributed by atoms with Crippen molar-refractivity contribution in [3.05, 3.63) is 0 Å². The fraction of sp³-hybridized carbons (Fsp3) is 0.667. The van der Waals surface area contributed by atoms with Crippen molar-refractivity contribution in [1.82, 2.24) is 0 Å². The van der Waals surface area contributed by atoms with Crippen LogP contribution in [0.1, 0.15) is 13.8 Å². The minimum absolute atomic E-state index is 0.00231. The monoisotopic (exact) mass is 127 g/mol. The Balaban J connectivity index is 2.59. The molecule has 3 heteroatoms. The largest absolute Gasteiger partial charge is 0.468 e. The maximum atomic E-state index is 10.2. The lowest BCUT2D eigenvalue weighted by molar-refractivity contribution is -0.114. The van der Waals surface area contributed by atoms with Crippen molar-refractivity contribution in [2.45, 2.75) is 26.0 Å². The van der Waals surface area contributed by atoms with Crippen LogP contribution in [-0.4, -0.2) is 24.3 Å². The average molecular weight is 127 g/mol. The molecule has 0 saturated carbocycles. The number of hydrogen-bond donors (Lipinski definition) is 0. The normalized spacial score (nSPS) is 33.3. The number of rotatable bonds is 1. The van der Waals surface area contributed by atoms with Gasteiger partial charge in [0.1, 0.15) is 0 Å². The number of aliphatic imine (C=N–C) groups is 1. The summed E-state index contributed by atoms with van der Waals surface area (Å²) in [5.41, 5.74) is 0. The van der Waals surface area contributed by atoms with E-state index in [0.717, 1.165) is 6.29 Å². The van der Waals surface area contributed by atoms with Gasteiger partial charge in [-0.2, -0.15) is 0 Å². The highest BCUT2D eigenvalue weighted by atomic mass is 16.5. The molecule has 0 aliphatic carbocycles. The van der Waals surface area contributed by atoms with Gasteiger partial charge in [-0.1, -0.05) is 0 Å². The summed E-state index contributed by atoms with van der Waals surface area (Å²) in [7, 11) is 0. The van der Waals surface area contributed by atoms with Crippen LogP contribution in [0, 0.1) is 0 Å². The van der Waals surface area contributed by atoms with Crippen LogP contribution in [0.4, 0.5) is 0 Å². The predicted molar refractivity (Wildman–Crippen MR) is 33.5 cm³/mol. The Morgan fingerprint density at radius 3 is 2.67 bits per heavy atom. The van der Waals surface area contributed by atoms with E-state index in [1.165, 1.54) is 0 Å². The smallest absolute Gasteiger partial charge is 0.181 e. The van der Waals surface area contributed by atoms with E-state index in [-0.39, 0.29) is 12.1 Å². The van der Waals surface area contributed by atoms with Crippen molar-refractivity contribution in [1.29, 1.82) is 0 Å². The second-order valence-corrected chi connectivity index (χ2v) is 2.11. The molecule has 0 N–H and O–H groups in total. The minimum Gasteiger partial charge on any atom is -0.468 e. The lowest BCUT2D eigenvalue weighted by atomic mass is 10.2. The lowest BCUT2D eigenvalue weighted by Gasteiger charge is -2.03. The van der Waals surface area contributed by atoms with E-state index < -0.39 is 0 Å². The molecule has 50 valence electrons. The summed E-state index contributed by atoms with van der Waals surface area (Å²) in [5, 5.41) is 0. The molecule has 0 bridgehead atoms. The average Bonchev–Trinajstić information content (AvgIpc) is 2.10. The molecule has 1 aliphatic heterocycles. The zero-order valence-electron chi connectivity index (χ0n) is 5.50. The molecule has 1 rings (SSSR count). The third kappa shape index (κ3) is 1.09. The van der Waals surface area contributed by atoms with E-state index in [4.69, 9.17) is 4.74 Å². The van der Waals surface area contributed by atoms with E-state index in [1.54, 1.807) is 6.92 Å². The van der Waals surface area contributed by atoms with Gasteiger partial charge in [-0.05, 0) is 6.92 Å². The van der Waals surface area contributed by atoms with Gasteiger partial charge in [-0.25, -0.2) is 4.99 Å². The van der Waals surface area contributed by atoms with Gasteiger partial charge in [0, 0.05) is 6.92 Å². The Labute approximate surface area is 53.7 Å². The van der Waals surface area contributed by atoms with Crippen molar-refractivity contribution in [3.8, 4) is 0 Å². The summed E-state index contributed by atoms with van der Waals surface area (Å²) >= 11 is 0. The summed E-state index contributed by atoms with van der Waals surface area (Å²) in [6.07, 6.45) is 0.440. The number of carbonyl (C=O) groups excluding carboxylic acids is 1. The summed E-state index contributed by atoms with van der Waals surface area (Å²) in [5.74, 6) is 0.611. The number of aldehydes is 1. The third-order valence-corrected chi connectivity index (χ3v) is 1.30. The Bertz CT molecular complexity index is 153. The molecule has 3 nitrogen and oxygen atoms in total. The lowest BCUT2D eigenvalue weighted by Crippen LogP contribution is -2.20. The first-order chi connectivity index (χ1) is 4.24. The van der Waals surface area contributed by atoms with E-state index in [9.17, 15) is 4.79 Å². The molecule has 2 unspecified atom stereocenters. The fourth-order valence-electron chi connectivity index (χ4n) is 0.828. The number of ether oxygens (including phenoxy) is 1. The second-order valence-electron chi connectivity index (χ2n) is 2.11. The molecule has 2 atom stereocenters. The van der Waals surface area contributed by atoms with E-state index in [0.29, 0.717) is 5.90 Å². The van der Waals surface area contributed by atoms with Gasteiger partial charge >= 0.3 is 0 Å². The first kappa shape index (κ1) is 6.26. The topological polar surface area (TPSA) is 38.7 Å². The van der Waals surface area contributed by atoms with Gasteiger partial charge in [0.2, 0.25) is 0 Å². The summed E-state index contributed by atoms with van der Waals surface area (Å²) in [4.78, 5) is 14.2. The molecule has 9 heavy (non-hydrogen) atoms. The zero-order valence-corrected chi connectivity index (χ0v) is 5.50. The van der Waals surface area contributed by atoms with Crippen molar-refractivity contribution < 1.29 is 9.53 Å². The zero-order chi connectivity index (χ0) is 6.85. The molecule has 1 heterocycles. The second kappa shape index (κ2) is 2.17. The highest BCUT2D eigenvalue weighted by molar-refractivity contribution is 5.79. The molecule has 0 aromatic carbocycles. The van der Waals surface area contributed by atoms with Gasteiger partial charge in [0.15, 0.2) is 18.3 Å². The van der Waals surface area contributed by atoms with Crippen LogP contribution in [-0.2, 0) is 9.53 Å². The SMILES string of the molecule is CC1=NC(C)C(C=O)O1. The molecule has 1 aliphatic rings. The Kier molecular flexibility index (Phi) is 1.51. The van der Waals surface area contributed by atoms with Crippen molar-refractivity contribution in [2.75, 3.05) is 0 Å². The van der Waals surface area contributed by atoms with Gasteiger partial charge < -0.3 is 4.74 Å². The molecule has 0 saturated heterocycles. The molecule has 0 amide bonds. The molecule has 0 aromatic rings. The Morgan fingerprint density at radius 1 is 1.78 bits per heavy atom.